The molecule has 1 aliphatic heterocycles. The van der Waals surface area contributed by atoms with Crippen molar-refractivity contribution in [3.63, 3.8) is 0 Å². The molecule has 0 aromatic heterocycles. The summed E-state index contributed by atoms with van der Waals surface area (Å²) in [5.74, 6) is 0.872. The van der Waals surface area contributed by atoms with Gasteiger partial charge in [0.2, 0.25) is 0 Å². The molecule has 0 aromatic rings. The lowest BCUT2D eigenvalue weighted by Gasteiger charge is -2.05. The van der Waals surface area contributed by atoms with Crippen LogP contribution in [0.4, 0.5) is 0 Å². The van der Waals surface area contributed by atoms with Crippen molar-refractivity contribution < 1.29 is 0 Å². The van der Waals surface area contributed by atoms with Crippen LogP contribution < -0.4 is 11.0 Å². The van der Waals surface area contributed by atoms with Gasteiger partial charge in [-0.1, -0.05) is 6.92 Å². The third-order valence-corrected chi connectivity index (χ3v) is 1.15. The Morgan fingerprint density at radius 3 is 2.67 bits per heavy atom. The molecule has 0 atom stereocenters. The van der Waals surface area contributed by atoms with E-state index in [2.05, 4.69) is 16.1 Å². The van der Waals surface area contributed by atoms with E-state index in [9.17, 15) is 0 Å². The number of nitrogens with zero attached hydrogens (tertiary/aromatic N) is 3. The number of hydrazine groups is 1. The van der Waals surface area contributed by atoms with Gasteiger partial charge >= 0.3 is 0 Å². The second-order valence-electron chi connectivity index (χ2n) is 1.80. The van der Waals surface area contributed by atoms with Crippen LogP contribution in [-0.4, -0.2) is 17.5 Å². The summed E-state index contributed by atoms with van der Waals surface area (Å²) in [7, 11) is 0. The predicted molar refractivity (Wildman–Crippen MR) is 35.4 cm³/mol. The molecule has 0 aromatic carbocycles. The van der Waals surface area contributed by atoms with Gasteiger partial charge in [-0.2, -0.15) is 5.43 Å². The van der Waals surface area contributed by atoms with Crippen molar-refractivity contribution in [3.8, 4) is 0 Å². The molecule has 1 rings (SSSR count). The Kier molecular flexibility index (Phi) is 1.89. The second-order valence-corrected chi connectivity index (χ2v) is 1.80. The molecule has 0 bridgehead atoms. The van der Waals surface area contributed by atoms with Gasteiger partial charge in [-0.3, -0.25) is 0 Å². The fourth-order valence-corrected chi connectivity index (χ4v) is 0.591. The van der Waals surface area contributed by atoms with Crippen LogP contribution in [0.25, 0.3) is 0 Å². The van der Waals surface area contributed by atoms with Crippen LogP contribution >= 0.6 is 0 Å². The van der Waals surface area contributed by atoms with Crippen molar-refractivity contribution in [2.75, 3.05) is 6.54 Å². The minimum Gasteiger partial charge on any atom is -0.208 e. The van der Waals surface area contributed by atoms with E-state index >= 15 is 0 Å². The molecule has 51 valence electrons. The van der Waals surface area contributed by atoms with Crippen LogP contribution in [0.1, 0.15) is 20.3 Å². The van der Waals surface area contributed by atoms with Gasteiger partial charge in [0.1, 0.15) is 0 Å². The summed E-state index contributed by atoms with van der Waals surface area (Å²) in [6, 6.07) is 0. The molecule has 4 nitrogen and oxygen atoms in total. The van der Waals surface area contributed by atoms with Crippen LogP contribution in [0.3, 0.4) is 0 Å². The molecule has 0 saturated heterocycles. The first kappa shape index (κ1) is 6.35. The lowest BCUT2D eigenvalue weighted by molar-refractivity contribution is 0.216. The van der Waals surface area contributed by atoms with E-state index in [1.165, 1.54) is 0 Å². The van der Waals surface area contributed by atoms with Crippen LogP contribution in [0.5, 0.6) is 0 Å². The highest BCUT2D eigenvalue weighted by atomic mass is 15.9. The van der Waals surface area contributed by atoms with E-state index in [0.29, 0.717) is 0 Å². The minimum atomic E-state index is 0.854. The van der Waals surface area contributed by atoms with Crippen molar-refractivity contribution in [2.24, 2.45) is 5.10 Å². The number of hydrogen-bond acceptors (Lipinski definition) is 3. The zero-order chi connectivity index (χ0) is 6.69. The van der Waals surface area contributed by atoms with Gasteiger partial charge in [-0.15, -0.1) is 10.6 Å². The Morgan fingerprint density at radius 2 is 2.33 bits per heavy atom. The first-order valence-electron chi connectivity index (χ1n) is 3.18. The lowest BCUT2D eigenvalue weighted by Crippen LogP contribution is -2.32. The fourth-order valence-electron chi connectivity index (χ4n) is 0.591. The lowest BCUT2D eigenvalue weighted by atomic mass is 10.5. The molecule has 4 heteroatoms. The Balaban J connectivity index is 2.40. The molecule has 0 aliphatic carbocycles. The van der Waals surface area contributed by atoms with Gasteiger partial charge in [-0.25, -0.2) is 5.12 Å². The zero-order valence-electron chi connectivity index (χ0n) is 5.76. The first-order chi connectivity index (χ1) is 4.36. The average Bonchev–Trinajstić information content (AvgIpc) is 2.34. The van der Waals surface area contributed by atoms with E-state index in [4.69, 9.17) is 0 Å². The van der Waals surface area contributed by atoms with E-state index in [1.807, 2.05) is 13.8 Å². The highest BCUT2D eigenvalue weighted by Crippen LogP contribution is 1.93. The van der Waals surface area contributed by atoms with Crippen molar-refractivity contribution in [2.45, 2.75) is 20.3 Å². The summed E-state index contributed by atoms with van der Waals surface area (Å²) in [6.45, 7) is 4.90. The SMILES string of the molecule is CCC1=NN(CC)N[N]1. The molecule has 0 spiro atoms. The van der Waals surface area contributed by atoms with Crippen LogP contribution in [0, 0.1) is 0 Å². The fraction of sp³-hybridized carbons (Fsp3) is 0.800. The predicted octanol–water partition coefficient (Wildman–Crippen LogP) is 0.0694. The van der Waals surface area contributed by atoms with Gasteiger partial charge in [0.25, 0.3) is 0 Å². The van der Waals surface area contributed by atoms with Crippen molar-refractivity contribution in [1.29, 1.82) is 0 Å². The van der Waals surface area contributed by atoms with E-state index in [0.717, 1.165) is 18.8 Å². The molecular formula is C5H11N4. The highest BCUT2D eigenvalue weighted by Gasteiger charge is 2.09. The summed E-state index contributed by atoms with van der Waals surface area (Å²) in [5, 5.41) is 5.80. The van der Waals surface area contributed by atoms with E-state index in [-0.39, 0.29) is 0 Å². The third kappa shape index (κ3) is 1.32. The van der Waals surface area contributed by atoms with Gasteiger partial charge in [0.15, 0.2) is 5.84 Å². The number of hydrazone groups is 1. The highest BCUT2D eigenvalue weighted by molar-refractivity contribution is 5.81. The third-order valence-electron chi connectivity index (χ3n) is 1.15. The van der Waals surface area contributed by atoms with Crippen LogP contribution in [0.2, 0.25) is 0 Å². The molecular weight excluding hydrogens is 116 g/mol. The molecule has 0 fully saturated rings. The van der Waals surface area contributed by atoms with Crippen LogP contribution in [0.15, 0.2) is 5.10 Å². The topological polar surface area (TPSA) is 41.7 Å². The van der Waals surface area contributed by atoms with E-state index < -0.39 is 0 Å². The summed E-state index contributed by atoms with van der Waals surface area (Å²) < 4.78 is 0. The summed E-state index contributed by atoms with van der Waals surface area (Å²) in [5.41, 5.74) is 6.69. The molecule has 1 aliphatic rings. The second kappa shape index (κ2) is 2.68. The molecule has 0 unspecified atom stereocenters. The maximum Gasteiger partial charge on any atom is 0.165 e. The van der Waals surface area contributed by atoms with Crippen LogP contribution in [-0.2, 0) is 0 Å². The van der Waals surface area contributed by atoms with Crippen molar-refractivity contribution >= 4 is 5.84 Å². The number of nitrogens with one attached hydrogen (secondary N) is 1. The smallest absolute Gasteiger partial charge is 0.165 e. The Hall–Kier alpha value is -0.770. The Labute approximate surface area is 54.9 Å². The maximum absolute atomic E-state index is 4.10. The van der Waals surface area contributed by atoms with Gasteiger partial charge in [0.05, 0.1) is 6.54 Å². The number of amidine groups is 1. The summed E-state index contributed by atoms with van der Waals surface area (Å²) in [4.78, 5) is 0. The first-order valence-corrected chi connectivity index (χ1v) is 3.18. The summed E-state index contributed by atoms with van der Waals surface area (Å²) >= 11 is 0. The Morgan fingerprint density at radius 1 is 1.56 bits per heavy atom. The average molecular weight is 127 g/mol. The molecule has 0 saturated carbocycles. The monoisotopic (exact) mass is 127 g/mol. The Bertz CT molecular complexity index is 120. The van der Waals surface area contributed by atoms with Gasteiger partial charge in [0, 0.05) is 6.42 Å². The number of hydrogen-bond donors (Lipinski definition) is 1. The van der Waals surface area contributed by atoms with Gasteiger partial charge in [-0.05, 0) is 6.92 Å². The normalized spacial score (nSPS) is 17.6. The van der Waals surface area contributed by atoms with Crippen molar-refractivity contribution in [1.82, 2.24) is 16.1 Å². The van der Waals surface area contributed by atoms with Gasteiger partial charge < -0.3 is 0 Å². The number of rotatable bonds is 2. The maximum atomic E-state index is 4.10. The largest absolute Gasteiger partial charge is 0.208 e. The molecule has 1 N–H and O–H groups in total. The quantitative estimate of drug-likeness (QED) is 0.570. The molecule has 9 heavy (non-hydrogen) atoms. The molecule has 0 amide bonds. The minimum absolute atomic E-state index is 0.854. The molecule has 1 heterocycles. The standard InChI is InChI=1S/C5H11N4/c1-3-5-6-8-9(4-2)7-5/h8H,3-4H2,1-2H3. The zero-order valence-corrected chi connectivity index (χ0v) is 5.76. The van der Waals surface area contributed by atoms with E-state index in [1.54, 1.807) is 5.12 Å². The van der Waals surface area contributed by atoms with Crippen molar-refractivity contribution in [3.05, 3.63) is 0 Å². The molecule has 1 radical (unpaired) electrons. The summed E-state index contributed by atoms with van der Waals surface area (Å²) in [6.07, 6.45) is 0.892.